The molecule has 0 aliphatic carbocycles. The first-order valence-electron chi connectivity index (χ1n) is 16.1. The Morgan fingerprint density at radius 3 is 2.07 bits per heavy atom. The zero-order valence-corrected chi connectivity index (χ0v) is 27.3. The minimum atomic E-state index is -0.181. The van der Waals surface area contributed by atoms with E-state index in [4.69, 9.17) is 9.47 Å². The van der Waals surface area contributed by atoms with Crippen molar-refractivity contribution in [3.8, 4) is 11.5 Å². The summed E-state index contributed by atoms with van der Waals surface area (Å²) < 4.78 is 14.2. The zero-order valence-electron chi connectivity index (χ0n) is 26.5. The third kappa shape index (κ3) is 13.0. The number of ether oxygens (including phenoxy) is 2. The number of benzene rings is 2. The van der Waals surface area contributed by atoms with Crippen molar-refractivity contribution in [1.82, 2.24) is 0 Å². The first-order chi connectivity index (χ1) is 20.3. The minimum absolute atomic E-state index is 0.0465. The largest absolute Gasteiger partial charge is 0.493 e. The van der Waals surface area contributed by atoms with Crippen molar-refractivity contribution in [3.05, 3.63) is 70.7 Å². The molecule has 42 heavy (non-hydrogen) atoms. The summed E-state index contributed by atoms with van der Waals surface area (Å²) in [5.74, 6) is 1.40. The Hall–Kier alpha value is -2.86. The Morgan fingerprint density at radius 2 is 1.48 bits per heavy atom. The molecule has 2 aromatic carbocycles. The van der Waals surface area contributed by atoms with Crippen LogP contribution in [0.3, 0.4) is 0 Å². The minimum Gasteiger partial charge on any atom is -0.493 e. The number of unbranched alkanes of at least 4 members (excludes halogenated alkanes) is 11. The Morgan fingerprint density at radius 1 is 0.833 bits per heavy atom. The molecule has 0 unspecified atom stereocenters. The van der Waals surface area contributed by atoms with E-state index in [1.165, 1.54) is 76.2 Å². The molecule has 230 valence electrons. The SMILES string of the molecule is CCCCCCCCCCCCCCOc1ccc(OCC(=O)Nc2ccc(C[n+]3ccsc3)cc2)cc1C(C)(C)C. The van der Waals surface area contributed by atoms with E-state index in [1.807, 2.05) is 42.5 Å². The number of nitrogens with zero attached hydrogens (tertiary/aromatic N) is 1. The van der Waals surface area contributed by atoms with Gasteiger partial charge in [0.05, 0.1) is 12.0 Å². The van der Waals surface area contributed by atoms with Crippen LogP contribution in [0.5, 0.6) is 11.5 Å². The summed E-state index contributed by atoms with van der Waals surface area (Å²) in [6, 6.07) is 13.8. The topological polar surface area (TPSA) is 51.4 Å². The molecule has 0 radical (unpaired) electrons. The summed E-state index contributed by atoms with van der Waals surface area (Å²) in [5, 5.41) is 4.98. The van der Waals surface area contributed by atoms with Crippen LogP contribution in [0.1, 0.15) is 116 Å². The van der Waals surface area contributed by atoms with Gasteiger partial charge in [0.2, 0.25) is 5.51 Å². The molecular weight excluding hydrogens is 540 g/mol. The van der Waals surface area contributed by atoms with Gasteiger partial charge in [-0.15, -0.1) is 0 Å². The number of aromatic nitrogens is 1. The van der Waals surface area contributed by atoms with E-state index in [0.717, 1.165) is 36.6 Å². The molecule has 0 aliphatic rings. The maximum atomic E-state index is 12.6. The molecule has 3 rings (SSSR count). The summed E-state index contributed by atoms with van der Waals surface area (Å²) in [5.41, 5.74) is 5.02. The number of carbonyl (C=O) groups excluding carboxylic acids is 1. The molecule has 1 amide bonds. The molecule has 6 heteroatoms. The number of amides is 1. The first kappa shape index (κ1) is 33.6. The van der Waals surface area contributed by atoms with Crippen molar-refractivity contribution in [2.75, 3.05) is 18.5 Å². The molecule has 1 N–H and O–H groups in total. The van der Waals surface area contributed by atoms with Gasteiger partial charge in [0, 0.05) is 16.8 Å². The Balaban J connectivity index is 1.35. The fourth-order valence-corrected chi connectivity index (χ4v) is 5.64. The number of hydrogen-bond donors (Lipinski definition) is 1. The molecular formula is C36H53N2O3S+. The Kier molecular flexibility index (Phi) is 14.9. The van der Waals surface area contributed by atoms with Gasteiger partial charge in [-0.05, 0) is 42.2 Å². The lowest BCUT2D eigenvalue weighted by atomic mass is 9.86. The Labute approximate surface area is 258 Å². The van der Waals surface area contributed by atoms with Crippen molar-refractivity contribution in [3.63, 3.8) is 0 Å². The molecule has 0 saturated heterocycles. The molecule has 0 saturated carbocycles. The average Bonchev–Trinajstić information content (AvgIpc) is 3.48. The molecule has 3 aromatic rings. The van der Waals surface area contributed by atoms with Crippen molar-refractivity contribution >= 4 is 22.9 Å². The van der Waals surface area contributed by atoms with Crippen molar-refractivity contribution in [2.24, 2.45) is 0 Å². The monoisotopic (exact) mass is 593 g/mol. The number of hydrogen-bond acceptors (Lipinski definition) is 4. The highest BCUT2D eigenvalue weighted by Crippen LogP contribution is 2.34. The lowest BCUT2D eigenvalue weighted by Gasteiger charge is -2.24. The summed E-state index contributed by atoms with van der Waals surface area (Å²) in [6.07, 6.45) is 18.1. The van der Waals surface area contributed by atoms with Crippen LogP contribution in [-0.4, -0.2) is 19.1 Å². The van der Waals surface area contributed by atoms with Gasteiger partial charge in [-0.3, -0.25) is 4.79 Å². The van der Waals surface area contributed by atoms with Gasteiger partial charge in [-0.1, -0.05) is 122 Å². The molecule has 1 heterocycles. The second-order valence-electron chi connectivity index (χ2n) is 12.4. The highest BCUT2D eigenvalue weighted by Gasteiger charge is 2.20. The molecule has 0 aliphatic heterocycles. The number of anilines is 1. The second kappa shape index (κ2) is 18.6. The molecule has 0 atom stereocenters. The van der Waals surface area contributed by atoms with E-state index in [2.05, 4.69) is 54.7 Å². The van der Waals surface area contributed by atoms with Gasteiger partial charge < -0.3 is 14.8 Å². The summed E-state index contributed by atoms with van der Waals surface area (Å²) in [4.78, 5) is 12.6. The summed E-state index contributed by atoms with van der Waals surface area (Å²) >= 11 is 1.67. The van der Waals surface area contributed by atoms with Crippen LogP contribution in [0.25, 0.3) is 0 Å². The highest BCUT2D eigenvalue weighted by atomic mass is 32.1. The maximum Gasteiger partial charge on any atom is 0.262 e. The van der Waals surface area contributed by atoms with Gasteiger partial charge in [-0.2, -0.15) is 4.57 Å². The van der Waals surface area contributed by atoms with Gasteiger partial charge >= 0.3 is 0 Å². The van der Waals surface area contributed by atoms with Crippen LogP contribution in [0.2, 0.25) is 0 Å². The Bertz CT molecular complexity index is 1150. The lowest BCUT2D eigenvalue weighted by molar-refractivity contribution is -0.683. The number of carbonyl (C=O) groups is 1. The highest BCUT2D eigenvalue weighted by molar-refractivity contribution is 7.07. The molecule has 5 nitrogen and oxygen atoms in total. The lowest BCUT2D eigenvalue weighted by Crippen LogP contribution is -2.30. The number of thiazole rings is 1. The van der Waals surface area contributed by atoms with Gasteiger partial charge in [0.25, 0.3) is 5.91 Å². The van der Waals surface area contributed by atoms with Crippen molar-refractivity contribution < 1.29 is 18.8 Å². The molecule has 0 spiro atoms. The smallest absolute Gasteiger partial charge is 0.262 e. The average molecular weight is 594 g/mol. The van der Waals surface area contributed by atoms with Crippen LogP contribution < -0.4 is 19.4 Å². The quantitative estimate of drug-likeness (QED) is 0.105. The number of rotatable bonds is 20. The van der Waals surface area contributed by atoms with Crippen molar-refractivity contribution in [1.29, 1.82) is 0 Å². The fourth-order valence-electron chi connectivity index (χ4n) is 5.04. The third-order valence-electron chi connectivity index (χ3n) is 7.51. The van der Waals surface area contributed by atoms with Crippen LogP contribution in [0, 0.1) is 0 Å². The molecule has 1 aromatic heterocycles. The van der Waals surface area contributed by atoms with E-state index in [9.17, 15) is 4.79 Å². The standard InChI is InChI=1S/C36H52N2O3S/c1-5-6-7-8-9-10-11-12-13-14-15-16-24-40-34-22-21-32(26-33(34)36(2,3)4)41-28-35(39)37-31-19-17-30(18-20-31)27-38-23-25-42-29-38/h17-23,25-26,29H,5-16,24,27-28H2,1-4H3/p+1. The maximum absolute atomic E-state index is 12.6. The predicted octanol–water partition coefficient (Wildman–Crippen LogP) is 9.48. The van der Waals surface area contributed by atoms with Crippen LogP contribution in [0.15, 0.2) is 59.6 Å². The van der Waals surface area contributed by atoms with E-state index < -0.39 is 0 Å². The van der Waals surface area contributed by atoms with Crippen molar-refractivity contribution in [2.45, 2.75) is 117 Å². The second-order valence-corrected chi connectivity index (χ2v) is 13.1. The van der Waals surface area contributed by atoms with Crippen LogP contribution >= 0.6 is 11.3 Å². The third-order valence-corrected chi connectivity index (χ3v) is 8.19. The van der Waals surface area contributed by atoms with Crippen LogP contribution in [0.4, 0.5) is 5.69 Å². The van der Waals surface area contributed by atoms with Gasteiger partial charge in [-0.25, -0.2) is 0 Å². The molecule has 0 fully saturated rings. The predicted molar refractivity (Wildman–Crippen MR) is 176 cm³/mol. The van der Waals surface area contributed by atoms with E-state index >= 15 is 0 Å². The summed E-state index contributed by atoms with van der Waals surface area (Å²) in [6.45, 7) is 10.3. The van der Waals surface area contributed by atoms with E-state index in [0.29, 0.717) is 5.75 Å². The fraction of sp³-hybridized carbons (Fsp3) is 0.556. The zero-order chi connectivity index (χ0) is 30.0. The van der Waals surface area contributed by atoms with Gasteiger partial charge in [0.1, 0.15) is 11.5 Å². The first-order valence-corrected chi connectivity index (χ1v) is 17.0. The normalized spacial score (nSPS) is 11.4. The van der Waals surface area contributed by atoms with E-state index in [1.54, 1.807) is 11.3 Å². The van der Waals surface area contributed by atoms with Crippen LogP contribution in [-0.2, 0) is 16.8 Å². The number of nitrogens with one attached hydrogen (secondary N) is 1. The van der Waals surface area contributed by atoms with E-state index in [-0.39, 0.29) is 17.9 Å². The van der Waals surface area contributed by atoms with Gasteiger partial charge in [0.15, 0.2) is 19.3 Å². The molecule has 0 bridgehead atoms. The summed E-state index contributed by atoms with van der Waals surface area (Å²) in [7, 11) is 0.